The van der Waals surface area contributed by atoms with Gasteiger partial charge in [-0.2, -0.15) is 0 Å². The highest BCUT2D eigenvalue weighted by Gasteiger charge is 2.21. The molecule has 4 heteroatoms. The van der Waals surface area contributed by atoms with Crippen LogP contribution in [-0.4, -0.2) is 43.7 Å². The van der Waals surface area contributed by atoms with Gasteiger partial charge < -0.3 is 14.4 Å². The first-order valence-corrected chi connectivity index (χ1v) is 6.83. The van der Waals surface area contributed by atoms with Crippen molar-refractivity contribution in [3.05, 3.63) is 29.3 Å². The predicted molar refractivity (Wildman–Crippen MR) is 73.7 cm³/mol. The minimum absolute atomic E-state index is 0.0365. The lowest BCUT2D eigenvalue weighted by Crippen LogP contribution is -2.40. The molecular formula is C15H21NO3. The fourth-order valence-corrected chi connectivity index (χ4v) is 2.07. The van der Waals surface area contributed by atoms with E-state index in [0.717, 1.165) is 12.0 Å². The Morgan fingerprint density at radius 3 is 2.79 bits per heavy atom. The van der Waals surface area contributed by atoms with E-state index in [0.29, 0.717) is 44.2 Å². The highest BCUT2D eigenvalue weighted by molar-refractivity contribution is 5.97. The van der Waals surface area contributed by atoms with Gasteiger partial charge in [0.25, 0.3) is 5.91 Å². The van der Waals surface area contributed by atoms with Crippen LogP contribution in [0.25, 0.3) is 0 Å². The molecule has 1 aromatic carbocycles. The molecule has 1 aliphatic rings. The molecule has 1 heterocycles. The molecule has 4 nitrogen and oxygen atoms in total. The number of rotatable bonds is 4. The van der Waals surface area contributed by atoms with Crippen LogP contribution in [0.3, 0.4) is 0 Å². The van der Waals surface area contributed by atoms with Gasteiger partial charge in [0, 0.05) is 13.1 Å². The topological polar surface area (TPSA) is 38.8 Å². The number of amides is 1. The lowest BCUT2D eigenvalue weighted by molar-refractivity contribution is 0.0300. The summed E-state index contributed by atoms with van der Waals surface area (Å²) >= 11 is 0. The van der Waals surface area contributed by atoms with E-state index in [1.54, 1.807) is 0 Å². The maximum atomic E-state index is 12.5. The SMILES string of the molecule is CCCOc1cc(C)ccc1C(=O)N1CCOCC1. The molecular weight excluding hydrogens is 242 g/mol. The number of nitrogens with zero attached hydrogens (tertiary/aromatic N) is 1. The lowest BCUT2D eigenvalue weighted by atomic mass is 10.1. The van der Waals surface area contributed by atoms with Crippen LogP contribution < -0.4 is 4.74 Å². The van der Waals surface area contributed by atoms with Gasteiger partial charge in [0.05, 0.1) is 25.4 Å². The third-order valence-electron chi connectivity index (χ3n) is 3.13. The second-order valence-electron chi connectivity index (χ2n) is 4.75. The summed E-state index contributed by atoms with van der Waals surface area (Å²) in [6.45, 7) is 7.22. The normalized spacial score (nSPS) is 15.4. The Morgan fingerprint density at radius 2 is 2.11 bits per heavy atom. The summed E-state index contributed by atoms with van der Waals surface area (Å²) in [5.41, 5.74) is 1.76. The van der Waals surface area contributed by atoms with Crippen molar-refractivity contribution in [3.63, 3.8) is 0 Å². The molecule has 0 unspecified atom stereocenters. The molecule has 0 spiro atoms. The number of morpholine rings is 1. The molecule has 1 aliphatic heterocycles. The monoisotopic (exact) mass is 263 g/mol. The van der Waals surface area contributed by atoms with E-state index in [2.05, 4.69) is 6.92 Å². The van der Waals surface area contributed by atoms with Crippen LogP contribution in [0.1, 0.15) is 29.3 Å². The van der Waals surface area contributed by atoms with E-state index in [4.69, 9.17) is 9.47 Å². The quantitative estimate of drug-likeness (QED) is 0.836. The summed E-state index contributed by atoms with van der Waals surface area (Å²) in [6, 6.07) is 5.74. The highest BCUT2D eigenvalue weighted by Crippen LogP contribution is 2.22. The third-order valence-corrected chi connectivity index (χ3v) is 3.13. The Kier molecular flexibility index (Phi) is 4.80. The van der Waals surface area contributed by atoms with Gasteiger partial charge in [-0.1, -0.05) is 13.0 Å². The van der Waals surface area contributed by atoms with E-state index in [-0.39, 0.29) is 5.91 Å². The summed E-state index contributed by atoms with van der Waals surface area (Å²) in [4.78, 5) is 14.3. The first-order chi connectivity index (χ1) is 9.22. The molecule has 0 radical (unpaired) electrons. The van der Waals surface area contributed by atoms with E-state index in [1.807, 2.05) is 30.0 Å². The number of hydrogen-bond acceptors (Lipinski definition) is 3. The molecule has 1 aromatic rings. The summed E-state index contributed by atoms with van der Waals surface area (Å²) in [5.74, 6) is 0.729. The van der Waals surface area contributed by atoms with Gasteiger partial charge in [0.15, 0.2) is 0 Å². The van der Waals surface area contributed by atoms with Crippen molar-refractivity contribution in [3.8, 4) is 5.75 Å². The fourth-order valence-electron chi connectivity index (χ4n) is 2.07. The second kappa shape index (κ2) is 6.57. The molecule has 104 valence electrons. The summed E-state index contributed by atoms with van der Waals surface area (Å²) < 4.78 is 11.0. The molecule has 1 fully saturated rings. The molecule has 0 saturated carbocycles. The van der Waals surface area contributed by atoms with Crippen molar-refractivity contribution >= 4 is 5.91 Å². The standard InChI is InChI=1S/C15H21NO3/c1-3-8-19-14-11-12(2)4-5-13(14)15(17)16-6-9-18-10-7-16/h4-5,11H,3,6-10H2,1-2H3. The zero-order valence-electron chi connectivity index (χ0n) is 11.6. The minimum Gasteiger partial charge on any atom is -0.493 e. The highest BCUT2D eigenvalue weighted by atomic mass is 16.5. The maximum absolute atomic E-state index is 12.5. The fraction of sp³-hybridized carbons (Fsp3) is 0.533. The summed E-state index contributed by atoms with van der Waals surface area (Å²) in [7, 11) is 0. The van der Waals surface area contributed by atoms with Crippen molar-refractivity contribution in [1.29, 1.82) is 0 Å². The lowest BCUT2D eigenvalue weighted by Gasteiger charge is -2.27. The van der Waals surface area contributed by atoms with Gasteiger partial charge in [-0.15, -0.1) is 0 Å². The largest absolute Gasteiger partial charge is 0.493 e. The average molecular weight is 263 g/mol. The summed E-state index contributed by atoms with van der Waals surface area (Å²) in [6.07, 6.45) is 0.930. The van der Waals surface area contributed by atoms with Crippen LogP contribution in [0.2, 0.25) is 0 Å². The van der Waals surface area contributed by atoms with E-state index < -0.39 is 0 Å². The zero-order valence-corrected chi connectivity index (χ0v) is 11.6. The molecule has 1 amide bonds. The summed E-state index contributed by atoms with van der Waals surface area (Å²) in [5, 5.41) is 0. The zero-order chi connectivity index (χ0) is 13.7. The van der Waals surface area contributed by atoms with Gasteiger partial charge in [-0.05, 0) is 31.0 Å². The average Bonchev–Trinajstić information content (AvgIpc) is 2.45. The van der Waals surface area contributed by atoms with Crippen LogP contribution in [0.5, 0.6) is 5.75 Å². The first-order valence-electron chi connectivity index (χ1n) is 6.83. The molecule has 19 heavy (non-hydrogen) atoms. The van der Waals surface area contributed by atoms with Crippen LogP contribution in [0.15, 0.2) is 18.2 Å². The van der Waals surface area contributed by atoms with Crippen molar-refractivity contribution in [2.75, 3.05) is 32.9 Å². The van der Waals surface area contributed by atoms with E-state index in [9.17, 15) is 4.79 Å². The van der Waals surface area contributed by atoms with Gasteiger partial charge in [0.1, 0.15) is 5.75 Å². The van der Waals surface area contributed by atoms with Gasteiger partial charge in [0.2, 0.25) is 0 Å². The van der Waals surface area contributed by atoms with Crippen LogP contribution >= 0.6 is 0 Å². The van der Waals surface area contributed by atoms with Crippen molar-refractivity contribution < 1.29 is 14.3 Å². The first kappa shape index (κ1) is 13.9. The molecule has 0 atom stereocenters. The third kappa shape index (κ3) is 3.47. The van der Waals surface area contributed by atoms with E-state index in [1.165, 1.54) is 0 Å². The molecule has 0 bridgehead atoms. The maximum Gasteiger partial charge on any atom is 0.257 e. The van der Waals surface area contributed by atoms with E-state index >= 15 is 0 Å². The van der Waals surface area contributed by atoms with Crippen molar-refractivity contribution in [2.24, 2.45) is 0 Å². The van der Waals surface area contributed by atoms with Gasteiger partial charge in [-0.25, -0.2) is 0 Å². The van der Waals surface area contributed by atoms with Gasteiger partial charge >= 0.3 is 0 Å². The molecule has 1 saturated heterocycles. The number of hydrogen-bond donors (Lipinski definition) is 0. The number of aryl methyl sites for hydroxylation is 1. The Hall–Kier alpha value is -1.55. The Bertz CT molecular complexity index is 439. The molecule has 0 aliphatic carbocycles. The second-order valence-corrected chi connectivity index (χ2v) is 4.75. The Morgan fingerprint density at radius 1 is 1.37 bits per heavy atom. The van der Waals surface area contributed by atoms with Crippen LogP contribution in [-0.2, 0) is 4.74 Å². The van der Waals surface area contributed by atoms with Crippen molar-refractivity contribution in [1.82, 2.24) is 4.90 Å². The minimum atomic E-state index is 0.0365. The number of ether oxygens (including phenoxy) is 2. The van der Waals surface area contributed by atoms with Crippen LogP contribution in [0, 0.1) is 6.92 Å². The van der Waals surface area contributed by atoms with Crippen LogP contribution in [0.4, 0.5) is 0 Å². The number of carbonyl (C=O) groups is 1. The Balaban J connectivity index is 2.19. The molecule has 0 N–H and O–H groups in total. The predicted octanol–water partition coefficient (Wildman–Crippen LogP) is 2.26. The molecule has 2 rings (SSSR count). The van der Waals surface area contributed by atoms with Gasteiger partial charge in [-0.3, -0.25) is 4.79 Å². The number of carbonyl (C=O) groups excluding carboxylic acids is 1. The number of benzene rings is 1. The smallest absolute Gasteiger partial charge is 0.257 e. The van der Waals surface area contributed by atoms with Crippen molar-refractivity contribution in [2.45, 2.75) is 20.3 Å². The molecule has 0 aromatic heterocycles. The Labute approximate surface area is 114 Å².